The van der Waals surface area contributed by atoms with Gasteiger partial charge in [0.1, 0.15) is 6.04 Å². The van der Waals surface area contributed by atoms with Crippen LogP contribution in [-0.2, 0) is 14.3 Å². The van der Waals surface area contributed by atoms with Crippen molar-refractivity contribution in [2.75, 3.05) is 13.7 Å². The third kappa shape index (κ3) is 6.50. The highest BCUT2D eigenvalue weighted by atomic mass is 16.5. The number of nitrogens with one attached hydrogen (secondary N) is 2. The fourth-order valence-corrected chi connectivity index (χ4v) is 2.04. The van der Waals surface area contributed by atoms with E-state index >= 15 is 0 Å². The van der Waals surface area contributed by atoms with Crippen molar-refractivity contribution < 1.29 is 19.1 Å². The summed E-state index contributed by atoms with van der Waals surface area (Å²) in [6.07, 6.45) is 0.477. The van der Waals surface area contributed by atoms with E-state index < -0.39 is 17.9 Å². The zero-order chi connectivity index (χ0) is 17.4. The van der Waals surface area contributed by atoms with Crippen molar-refractivity contribution in [2.45, 2.75) is 33.2 Å². The van der Waals surface area contributed by atoms with Gasteiger partial charge in [-0.1, -0.05) is 31.5 Å². The fraction of sp³-hybridized carbons (Fsp3) is 0.471. The Morgan fingerprint density at radius 1 is 1.13 bits per heavy atom. The molecule has 1 aromatic carbocycles. The van der Waals surface area contributed by atoms with Gasteiger partial charge in [-0.25, -0.2) is 4.79 Å². The molecule has 0 unspecified atom stereocenters. The molecule has 0 radical (unpaired) electrons. The molecule has 0 bridgehead atoms. The highest BCUT2D eigenvalue weighted by molar-refractivity contribution is 5.96. The van der Waals surface area contributed by atoms with Gasteiger partial charge in [0.15, 0.2) is 0 Å². The molecule has 0 fully saturated rings. The van der Waals surface area contributed by atoms with Crippen molar-refractivity contribution in [3.8, 4) is 0 Å². The maximum Gasteiger partial charge on any atom is 0.328 e. The first kappa shape index (κ1) is 18.7. The first-order valence-corrected chi connectivity index (χ1v) is 7.55. The van der Waals surface area contributed by atoms with Gasteiger partial charge in [-0.3, -0.25) is 9.59 Å². The largest absolute Gasteiger partial charge is 0.467 e. The topological polar surface area (TPSA) is 84.5 Å². The number of hydrogen-bond acceptors (Lipinski definition) is 4. The quantitative estimate of drug-likeness (QED) is 0.744. The summed E-state index contributed by atoms with van der Waals surface area (Å²) in [5, 5.41) is 5.12. The molecule has 1 aromatic rings. The van der Waals surface area contributed by atoms with Gasteiger partial charge in [0.2, 0.25) is 5.91 Å². The fourth-order valence-electron chi connectivity index (χ4n) is 2.04. The van der Waals surface area contributed by atoms with Crippen LogP contribution in [0.25, 0.3) is 0 Å². The van der Waals surface area contributed by atoms with Gasteiger partial charge in [-0.05, 0) is 31.4 Å². The van der Waals surface area contributed by atoms with Gasteiger partial charge in [-0.2, -0.15) is 0 Å². The number of methoxy groups -OCH3 is 1. The lowest BCUT2D eigenvalue weighted by Crippen LogP contribution is -2.46. The lowest BCUT2D eigenvalue weighted by Gasteiger charge is -2.18. The van der Waals surface area contributed by atoms with Gasteiger partial charge >= 0.3 is 5.97 Å². The molecule has 2 amide bonds. The van der Waals surface area contributed by atoms with E-state index in [-0.39, 0.29) is 18.4 Å². The normalized spacial score (nSPS) is 11.7. The highest BCUT2D eigenvalue weighted by Gasteiger charge is 2.22. The van der Waals surface area contributed by atoms with Crippen LogP contribution in [0, 0.1) is 12.8 Å². The average molecular weight is 320 g/mol. The summed E-state index contributed by atoms with van der Waals surface area (Å²) in [6, 6.07) is 6.33. The van der Waals surface area contributed by atoms with Crippen LogP contribution in [0.1, 0.15) is 36.2 Å². The lowest BCUT2D eigenvalue weighted by molar-refractivity contribution is -0.145. The number of amides is 2. The van der Waals surface area contributed by atoms with E-state index in [9.17, 15) is 14.4 Å². The number of carbonyl (C=O) groups is 3. The highest BCUT2D eigenvalue weighted by Crippen LogP contribution is 2.06. The lowest BCUT2D eigenvalue weighted by atomic mass is 10.0. The predicted octanol–water partition coefficient (Wildman–Crippen LogP) is 1.43. The summed E-state index contributed by atoms with van der Waals surface area (Å²) in [6.45, 7) is 5.62. The molecule has 23 heavy (non-hydrogen) atoms. The van der Waals surface area contributed by atoms with Crippen LogP contribution in [0.3, 0.4) is 0 Å². The van der Waals surface area contributed by atoms with Crippen LogP contribution in [0.4, 0.5) is 0 Å². The monoisotopic (exact) mass is 320 g/mol. The van der Waals surface area contributed by atoms with Crippen molar-refractivity contribution in [1.29, 1.82) is 0 Å². The number of rotatable bonds is 7. The molecule has 6 heteroatoms. The molecule has 0 aliphatic heterocycles. The SMILES string of the molecule is COC(=O)[C@@H](CC(C)C)NC(=O)CNC(=O)c1ccc(C)cc1. The van der Waals surface area contributed by atoms with Crippen molar-refractivity contribution >= 4 is 17.8 Å². The molecule has 0 saturated heterocycles. The number of hydrogen-bond donors (Lipinski definition) is 2. The van der Waals surface area contributed by atoms with E-state index in [0.717, 1.165) is 5.56 Å². The summed E-state index contributed by atoms with van der Waals surface area (Å²) in [7, 11) is 1.28. The molecule has 0 saturated carbocycles. The minimum atomic E-state index is -0.705. The Kier molecular flexibility index (Phi) is 7.25. The second-order valence-electron chi connectivity index (χ2n) is 5.82. The Balaban J connectivity index is 2.52. The average Bonchev–Trinajstić information content (AvgIpc) is 2.51. The molecule has 0 aliphatic carbocycles. The zero-order valence-corrected chi connectivity index (χ0v) is 14.0. The number of benzene rings is 1. The second-order valence-corrected chi connectivity index (χ2v) is 5.82. The van der Waals surface area contributed by atoms with Crippen molar-refractivity contribution in [1.82, 2.24) is 10.6 Å². The molecular formula is C17H24N2O4. The molecular weight excluding hydrogens is 296 g/mol. The van der Waals surface area contributed by atoms with E-state index in [1.807, 2.05) is 32.9 Å². The zero-order valence-electron chi connectivity index (χ0n) is 14.0. The predicted molar refractivity (Wildman–Crippen MR) is 86.9 cm³/mol. The Morgan fingerprint density at radius 2 is 1.74 bits per heavy atom. The third-order valence-corrected chi connectivity index (χ3v) is 3.25. The minimum absolute atomic E-state index is 0.196. The molecule has 126 valence electrons. The smallest absolute Gasteiger partial charge is 0.328 e. The van der Waals surface area contributed by atoms with E-state index in [1.54, 1.807) is 12.1 Å². The molecule has 0 aliphatic rings. The molecule has 0 spiro atoms. The summed E-state index contributed by atoms with van der Waals surface area (Å²) < 4.78 is 4.68. The maximum absolute atomic E-state index is 11.9. The second kappa shape index (κ2) is 8.92. The van der Waals surface area contributed by atoms with Gasteiger partial charge in [0.05, 0.1) is 13.7 Å². The maximum atomic E-state index is 11.9. The van der Waals surface area contributed by atoms with E-state index in [4.69, 9.17) is 0 Å². The number of ether oxygens (including phenoxy) is 1. The van der Waals surface area contributed by atoms with E-state index in [0.29, 0.717) is 12.0 Å². The Labute approximate surface area is 136 Å². The van der Waals surface area contributed by atoms with Crippen molar-refractivity contribution in [3.05, 3.63) is 35.4 Å². The Morgan fingerprint density at radius 3 is 2.26 bits per heavy atom. The van der Waals surface area contributed by atoms with Crippen LogP contribution < -0.4 is 10.6 Å². The molecule has 1 atom stereocenters. The van der Waals surface area contributed by atoms with Crippen LogP contribution >= 0.6 is 0 Å². The molecule has 1 rings (SSSR count). The van der Waals surface area contributed by atoms with Gasteiger partial charge < -0.3 is 15.4 Å². The molecule has 0 heterocycles. The number of carbonyl (C=O) groups excluding carboxylic acids is 3. The van der Waals surface area contributed by atoms with Crippen LogP contribution in [0.5, 0.6) is 0 Å². The summed E-state index contributed by atoms with van der Waals surface area (Å²) in [5.41, 5.74) is 1.53. The van der Waals surface area contributed by atoms with Crippen LogP contribution in [0.2, 0.25) is 0 Å². The van der Waals surface area contributed by atoms with E-state index in [1.165, 1.54) is 7.11 Å². The number of aryl methyl sites for hydroxylation is 1. The Hall–Kier alpha value is -2.37. The van der Waals surface area contributed by atoms with Gasteiger partial charge in [-0.15, -0.1) is 0 Å². The van der Waals surface area contributed by atoms with Crippen LogP contribution in [0.15, 0.2) is 24.3 Å². The third-order valence-electron chi connectivity index (χ3n) is 3.25. The van der Waals surface area contributed by atoms with E-state index in [2.05, 4.69) is 15.4 Å². The summed E-state index contributed by atoms with van der Waals surface area (Å²) in [4.78, 5) is 35.5. The van der Waals surface area contributed by atoms with Gasteiger partial charge in [0, 0.05) is 5.56 Å². The Bertz CT molecular complexity index is 552. The standard InChI is InChI=1S/C17H24N2O4/c1-11(2)9-14(17(22)23-4)19-15(20)10-18-16(21)13-7-5-12(3)6-8-13/h5-8,11,14H,9-10H2,1-4H3,(H,18,21)(H,19,20)/t14-/m1/s1. The van der Waals surface area contributed by atoms with Crippen LogP contribution in [-0.4, -0.2) is 37.5 Å². The first-order valence-electron chi connectivity index (χ1n) is 7.55. The summed E-state index contributed by atoms with van der Waals surface area (Å²) in [5.74, 6) is -1.03. The molecule has 2 N–H and O–H groups in total. The summed E-state index contributed by atoms with van der Waals surface area (Å²) >= 11 is 0. The van der Waals surface area contributed by atoms with Crippen molar-refractivity contribution in [3.63, 3.8) is 0 Å². The molecule has 0 aromatic heterocycles. The minimum Gasteiger partial charge on any atom is -0.467 e. The first-order chi connectivity index (χ1) is 10.8. The van der Waals surface area contributed by atoms with Gasteiger partial charge in [0.25, 0.3) is 5.91 Å². The molecule has 6 nitrogen and oxygen atoms in total. The van der Waals surface area contributed by atoms with Crippen molar-refractivity contribution in [2.24, 2.45) is 5.92 Å². The number of esters is 1.